The van der Waals surface area contributed by atoms with Gasteiger partial charge in [-0.25, -0.2) is 9.97 Å². The molecule has 2 heterocycles. The van der Waals surface area contributed by atoms with Gasteiger partial charge in [0.2, 0.25) is 0 Å². The van der Waals surface area contributed by atoms with Crippen molar-refractivity contribution in [2.24, 2.45) is 0 Å². The second-order valence-corrected chi connectivity index (χ2v) is 15.7. The van der Waals surface area contributed by atoms with Crippen LogP contribution in [0.25, 0.3) is 88.9 Å². The van der Waals surface area contributed by atoms with E-state index in [1.54, 1.807) is 0 Å². The Balaban J connectivity index is 1.07. The number of hydrogen-bond donors (Lipinski definition) is 0. The molecule has 0 fully saturated rings. The molecule has 0 radical (unpaired) electrons. The molecule has 0 saturated heterocycles. The summed E-state index contributed by atoms with van der Waals surface area (Å²) in [5.74, 6) is 0.689. The molecular formula is C57H36N2O. The summed E-state index contributed by atoms with van der Waals surface area (Å²) in [6, 6.07) is 78.1. The average molecular weight is 765 g/mol. The summed E-state index contributed by atoms with van der Waals surface area (Å²) in [6.45, 7) is 0. The maximum atomic E-state index is 6.30. The fourth-order valence-corrected chi connectivity index (χ4v) is 9.65. The predicted molar refractivity (Wildman–Crippen MR) is 246 cm³/mol. The Hall–Kier alpha value is -7.88. The molecule has 9 aromatic carbocycles. The smallest absolute Gasteiger partial charge is 0.161 e. The minimum absolute atomic E-state index is 0.520. The van der Waals surface area contributed by atoms with Crippen molar-refractivity contribution in [2.45, 2.75) is 5.41 Å². The lowest BCUT2D eigenvalue weighted by Gasteiger charge is -2.34. The third-order valence-corrected chi connectivity index (χ3v) is 12.4. The second kappa shape index (κ2) is 13.6. The van der Waals surface area contributed by atoms with E-state index in [9.17, 15) is 0 Å². The molecule has 11 aromatic rings. The highest BCUT2D eigenvalue weighted by Crippen LogP contribution is 2.56. The van der Waals surface area contributed by atoms with Crippen LogP contribution in [0.15, 0.2) is 223 Å². The molecule has 1 aliphatic carbocycles. The summed E-state index contributed by atoms with van der Waals surface area (Å²) < 4.78 is 6.30. The van der Waals surface area contributed by atoms with Crippen LogP contribution in [0.4, 0.5) is 0 Å². The maximum absolute atomic E-state index is 6.30. The van der Waals surface area contributed by atoms with Crippen LogP contribution in [0.3, 0.4) is 0 Å². The fraction of sp³-hybridized carbons (Fsp3) is 0.0175. The SMILES string of the molecule is c1ccc(C2(c3ccccc3)c3ccccc3-c3ccc(-c4cc(-c5cccc(-c6ccc7c(c6)oc6ccccc67)c5)nc(-c5cccc6ccccc56)n4)cc32)cc1. The first-order valence-electron chi connectivity index (χ1n) is 20.5. The third-order valence-electron chi connectivity index (χ3n) is 12.4. The van der Waals surface area contributed by atoms with Gasteiger partial charge in [0.05, 0.1) is 16.8 Å². The van der Waals surface area contributed by atoms with Gasteiger partial charge in [0.15, 0.2) is 5.82 Å². The van der Waals surface area contributed by atoms with Crippen molar-refractivity contribution in [3.05, 3.63) is 241 Å². The highest BCUT2D eigenvalue weighted by molar-refractivity contribution is 6.06. The van der Waals surface area contributed by atoms with E-state index in [4.69, 9.17) is 14.4 Å². The molecule has 0 aliphatic heterocycles. The molecule has 0 bridgehead atoms. The van der Waals surface area contributed by atoms with E-state index < -0.39 is 5.41 Å². The van der Waals surface area contributed by atoms with E-state index in [0.717, 1.165) is 71.9 Å². The summed E-state index contributed by atoms with van der Waals surface area (Å²) in [5.41, 5.74) is 15.7. The van der Waals surface area contributed by atoms with Gasteiger partial charge in [-0.15, -0.1) is 0 Å². The Labute approximate surface area is 347 Å². The Morgan fingerprint density at radius 3 is 1.72 bits per heavy atom. The Kier molecular flexibility index (Phi) is 7.76. The van der Waals surface area contributed by atoms with Crippen LogP contribution in [-0.4, -0.2) is 9.97 Å². The standard InChI is InChI=1S/C57H36N2O/c1-3-19-42(20-4-1)57(43-21-5-2-6-22-43)50-27-11-9-24-45(50)46-31-30-41(34-51(46)57)53-36-52(58-56(59-53)49-26-14-16-37-15-7-8-23-44(37)49)40-18-13-17-38(33-40)39-29-32-48-47-25-10-12-28-54(47)60-55(48)35-39/h1-36H. The van der Waals surface area contributed by atoms with Crippen molar-refractivity contribution in [2.75, 3.05) is 0 Å². The number of furan rings is 1. The summed E-state index contributed by atoms with van der Waals surface area (Å²) in [7, 11) is 0. The first kappa shape index (κ1) is 34.2. The molecule has 0 saturated carbocycles. The highest BCUT2D eigenvalue weighted by Gasteiger charge is 2.46. The van der Waals surface area contributed by atoms with Gasteiger partial charge in [-0.05, 0) is 91.7 Å². The van der Waals surface area contributed by atoms with Crippen LogP contribution in [0.5, 0.6) is 0 Å². The van der Waals surface area contributed by atoms with E-state index in [0.29, 0.717) is 5.82 Å². The first-order chi connectivity index (χ1) is 29.7. The Bertz CT molecular complexity index is 3390. The summed E-state index contributed by atoms with van der Waals surface area (Å²) in [6.07, 6.45) is 0. The molecule has 0 amide bonds. The van der Waals surface area contributed by atoms with Gasteiger partial charge in [-0.2, -0.15) is 0 Å². The van der Waals surface area contributed by atoms with Crippen molar-refractivity contribution < 1.29 is 4.42 Å². The van der Waals surface area contributed by atoms with Crippen LogP contribution in [0.2, 0.25) is 0 Å². The van der Waals surface area contributed by atoms with Crippen molar-refractivity contribution in [1.29, 1.82) is 0 Å². The predicted octanol–water partition coefficient (Wildman–Crippen LogP) is 14.6. The fourth-order valence-electron chi connectivity index (χ4n) is 9.65. The number of benzene rings is 9. The quantitative estimate of drug-likeness (QED) is 0.169. The number of para-hydroxylation sites is 1. The first-order valence-corrected chi connectivity index (χ1v) is 20.5. The molecule has 0 N–H and O–H groups in total. The maximum Gasteiger partial charge on any atom is 0.161 e. The van der Waals surface area contributed by atoms with Crippen LogP contribution in [-0.2, 0) is 5.41 Å². The monoisotopic (exact) mass is 764 g/mol. The summed E-state index contributed by atoms with van der Waals surface area (Å²) in [5, 5.41) is 4.51. The minimum Gasteiger partial charge on any atom is -0.456 e. The normalized spacial score (nSPS) is 12.8. The highest BCUT2D eigenvalue weighted by atomic mass is 16.3. The molecule has 60 heavy (non-hydrogen) atoms. The van der Waals surface area contributed by atoms with Gasteiger partial charge in [-0.3, -0.25) is 0 Å². The number of hydrogen-bond acceptors (Lipinski definition) is 3. The van der Waals surface area contributed by atoms with Crippen LogP contribution >= 0.6 is 0 Å². The van der Waals surface area contributed by atoms with Crippen LogP contribution < -0.4 is 0 Å². The topological polar surface area (TPSA) is 38.9 Å². The molecule has 1 aliphatic rings. The minimum atomic E-state index is -0.520. The molecule has 3 heteroatoms. The Morgan fingerprint density at radius 2 is 0.900 bits per heavy atom. The van der Waals surface area contributed by atoms with Crippen molar-refractivity contribution >= 4 is 32.7 Å². The zero-order valence-corrected chi connectivity index (χ0v) is 32.6. The molecule has 0 atom stereocenters. The van der Waals surface area contributed by atoms with Crippen molar-refractivity contribution in [3.8, 4) is 56.2 Å². The largest absolute Gasteiger partial charge is 0.456 e. The molecule has 12 rings (SSSR count). The lowest BCUT2D eigenvalue weighted by atomic mass is 9.67. The zero-order chi connectivity index (χ0) is 39.6. The third kappa shape index (κ3) is 5.30. The average Bonchev–Trinajstić information content (AvgIpc) is 3.85. The second-order valence-electron chi connectivity index (χ2n) is 15.7. The van der Waals surface area contributed by atoms with Crippen LogP contribution in [0, 0.1) is 0 Å². The number of rotatable bonds is 6. The molecule has 2 aromatic heterocycles. The van der Waals surface area contributed by atoms with E-state index in [-0.39, 0.29) is 0 Å². The molecule has 280 valence electrons. The van der Waals surface area contributed by atoms with Crippen LogP contribution in [0.1, 0.15) is 22.3 Å². The number of aromatic nitrogens is 2. The lowest BCUT2D eigenvalue weighted by molar-refractivity contribution is 0.669. The van der Waals surface area contributed by atoms with Gasteiger partial charge >= 0.3 is 0 Å². The van der Waals surface area contributed by atoms with E-state index in [1.165, 1.54) is 33.4 Å². The van der Waals surface area contributed by atoms with E-state index in [1.807, 2.05) is 12.1 Å². The van der Waals surface area contributed by atoms with Gasteiger partial charge in [0.25, 0.3) is 0 Å². The molecule has 0 spiro atoms. The van der Waals surface area contributed by atoms with E-state index >= 15 is 0 Å². The van der Waals surface area contributed by atoms with Gasteiger partial charge in [0, 0.05) is 27.5 Å². The summed E-state index contributed by atoms with van der Waals surface area (Å²) in [4.78, 5) is 10.8. The number of fused-ring (bicyclic) bond motifs is 7. The number of nitrogens with zero attached hydrogens (tertiary/aromatic N) is 2. The lowest BCUT2D eigenvalue weighted by Crippen LogP contribution is -2.28. The van der Waals surface area contributed by atoms with Gasteiger partial charge in [0.1, 0.15) is 11.2 Å². The van der Waals surface area contributed by atoms with Crippen molar-refractivity contribution in [1.82, 2.24) is 9.97 Å². The Morgan fingerprint density at radius 1 is 0.333 bits per heavy atom. The molecular weight excluding hydrogens is 729 g/mol. The molecule has 3 nitrogen and oxygen atoms in total. The van der Waals surface area contributed by atoms with Gasteiger partial charge in [-0.1, -0.05) is 182 Å². The van der Waals surface area contributed by atoms with E-state index in [2.05, 4.69) is 206 Å². The summed E-state index contributed by atoms with van der Waals surface area (Å²) >= 11 is 0. The van der Waals surface area contributed by atoms with Gasteiger partial charge < -0.3 is 4.42 Å². The zero-order valence-electron chi connectivity index (χ0n) is 32.6. The molecule has 0 unspecified atom stereocenters. The van der Waals surface area contributed by atoms with Crippen molar-refractivity contribution in [3.63, 3.8) is 0 Å².